The molecule has 3 rings (SSSR count). The summed E-state index contributed by atoms with van der Waals surface area (Å²) >= 11 is 0. The number of rotatable bonds is 5. The first-order valence-electron chi connectivity index (χ1n) is 8.54. The van der Waals surface area contributed by atoms with Crippen molar-refractivity contribution in [1.82, 2.24) is 14.8 Å². The average Bonchev–Trinajstić information content (AvgIpc) is 3.14. The Morgan fingerprint density at radius 2 is 1.76 bits per heavy atom. The zero-order valence-electron chi connectivity index (χ0n) is 16.0. The van der Waals surface area contributed by atoms with Gasteiger partial charge in [-0.15, -0.1) is 0 Å². The molecule has 9 heteroatoms. The zero-order valence-corrected chi connectivity index (χ0v) is 16.0. The summed E-state index contributed by atoms with van der Waals surface area (Å²) in [4.78, 5) is 40.9. The van der Waals surface area contributed by atoms with Crippen LogP contribution in [-0.4, -0.2) is 46.8 Å². The van der Waals surface area contributed by atoms with E-state index in [1.54, 1.807) is 25.3 Å². The molecule has 9 nitrogen and oxygen atoms in total. The van der Waals surface area contributed by atoms with Gasteiger partial charge in [0.05, 0.1) is 48.5 Å². The van der Waals surface area contributed by atoms with Crippen molar-refractivity contribution in [2.75, 3.05) is 19.5 Å². The number of carbonyl (C=O) groups excluding carboxylic acids is 3. The number of nitrogens with zero attached hydrogens (tertiary/aromatic N) is 3. The number of benzene rings is 1. The lowest BCUT2D eigenvalue weighted by Gasteiger charge is -2.11. The minimum atomic E-state index is -0.655. The summed E-state index contributed by atoms with van der Waals surface area (Å²) in [6.07, 6.45) is 3.03. The largest absolute Gasteiger partial charge is 0.465 e. The van der Waals surface area contributed by atoms with Gasteiger partial charge in [0, 0.05) is 6.20 Å². The molecule has 0 bridgehead atoms. The molecule has 3 aromatic rings. The summed E-state index contributed by atoms with van der Waals surface area (Å²) in [6.45, 7) is 1.72. The van der Waals surface area contributed by atoms with E-state index >= 15 is 0 Å². The van der Waals surface area contributed by atoms with Crippen molar-refractivity contribution < 1.29 is 23.9 Å². The molecule has 1 N–H and O–H groups in total. The molecule has 2 aromatic heterocycles. The highest BCUT2D eigenvalue weighted by atomic mass is 16.5. The number of hydrogen-bond donors (Lipinski definition) is 1. The number of esters is 2. The van der Waals surface area contributed by atoms with Gasteiger partial charge in [0.15, 0.2) is 5.82 Å². The van der Waals surface area contributed by atoms with Gasteiger partial charge in [-0.1, -0.05) is 6.07 Å². The van der Waals surface area contributed by atoms with Gasteiger partial charge >= 0.3 is 11.9 Å². The van der Waals surface area contributed by atoms with Crippen LogP contribution in [0.5, 0.6) is 0 Å². The van der Waals surface area contributed by atoms with E-state index < -0.39 is 17.8 Å². The number of nitrogens with one attached hydrogen (secondary N) is 1. The lowest BCUT2D eigenvalue weighted by atomic mass is 10.1. The van der Waals surface area contributed by atoms with Crippen LogP contribution in [-0.2, 0) is 9.47 Å². The molecular weight excluding hydrogens is 376 g/mol. The predicted octanol–water partition coefficient (Wildman–Crippen LogP) is 2.40. The fourth-order valence-corrected chi connectivity index (χ4v) is 2.71. The summed E-state index contributed by atoms with van der Waals surface area (Å²) in [5.74, 6) is -1.20. The Hall–Kier alpha value is -4.01. The van der Waals surface area contributed by atoms with Crippen LogP contribution in [0.15, 0.2) is 48.8 Å². The topological polar surface area (TPSA) is 112 Å². The van der Waals surface area contributed by atoms with Gasteiger partial charge in [-0.3, -0.25) is 4.79 Å². The zero-order chi connectivity index (χ0) is 21.0. The minimum Gasteiger partial charge on any atom is -0.465 e. The lowest BCUT2D eigenvalue weighted by Crippen LogP contribution is -2.17. The van der Waals surface area contributed by atoms with E-state index in [-0.39, 0.29) is 22.4 Å². The first-order valence-corrected chi connectivity index (χ1v) is 8.54. The first kappa shape index (κ1) is 19.7. The molecule has 148 valence electrons. The number of ether oxygens (including phenoxy) is 2. The standard InChI is InChI=1S/C20H18N4O5/c1-12-15(11-22-24(12)17-6-4-5-9-21-17)18(25)23-16-10-13(19(26)28-2)7-8-14(16)20(27)29-3/h4-11H,1-3H3,(H,23,25). The fourth-order valence-electron chi connectivity index (χ4n) is 2.71. The molecule has 0 saturated heterocycles. The number of methoxy groups -OCH3 is 2. The third-order valence-electron chi connectivity index (χ3n) is 4.21. The van der Waals surface area contributed by atoms with E-state index in [9.17, 15) is 14.4 Å². The Balaban J connectivity index is 1.95. The van der Waals surface area contributed by atoms with Crippen LogP contribution >= 0.6 is 0 Å². The van der Waals surface area contributed by atoms with Gasteiger partial charge in [-0.25, -0.2) is 19.3 Å². The smallest absolute Gasteiger partial charge is 0.339 e. The maximum Gasteiger partial charge on any atom is 0.339 e. The Morgan fingerprint density at radius 1 is 1.00 bits per heavy atom. The normalized spacial score (nSPS) is 10.3. The molecular formula is C20H18N4O5. The Labute approximate surface area is 166 Å². The van der Waals surface area contributed by atoms with E-state index in [0.717, 1.165) is 0 Å². The van der Waals surface area contributed by atoms with Gasteiger partial charge in [0.25, 0.3) is 5.91 Å². The van der Waals surface area contributed by atoms with Gasteiger partial charge in [0.2, 0.25) is 0 Å². The van der Waals surface area contributed by atoms with Crippen molar-refractivity contribution in [3.05, 3.63) is 71.2 Å². The van der Waals surface area contributed by atoms with E-state index in [1.807, 2.05) is 6.07 Å². The SMILES string of the molecule is COC(=O)c1ccc(C(=O)OC)c(NC(=O)c2cnn(-c3ccccn3)c2C)c1. The number of aromatic nitrogens is 3. The van der Waals surface area contributed by atoms with Crippen LogP contribution in [0, 0.1) is 6.92 Å². The van der Waals surface area contributed by atoms with Crippen LogP contribution in [0.2, 0.25) is 0 Å². The van der Waals surface area contributed by atoms with E-state index in [1.165, 1.54) is 43.3 Å². The molecule has 29 heavy (non-hydrogen) atoms. The second-order valence-corrected chi connectivity index (χ2v) is 5.94. The van der Waals surface area contributed by atoms with Crippen molar-refractivity contribution in [3.63, 3.8) is 0 Å². The molecule has 0 atom stereocenters. The monoisotopic (exact) mass is 394 g/mol. The van der Waals surface area contributed by atoms with Crippen LogP contribution < -0.4 is 5.32 Å². The highest BCUT2D eigenvalue weighted by Crippen LogP contribution is 2.22. The van der Waals surface area contributed by atoms with E-state index in [2.05, 4.69) is 15.4 Å². The highest BCUT2D eigenvalue weighted by molar-refractivity contribution is 6.09. The van der Waals surface area contributed by atoms with Crippen molar-refractivity contribution >= 4 is 23.5 Å². The van der Waals surface area contributed by atoms with Crippen molar-refractivity contribution in [2.45, 2.75) is 6.92 Å². The number of amides is 1. The molecule has 0 spiro atoms. The number of carbonyl (C=O) groups is 3. The van der Waals surface area contributed by atoms with Gasteiger partial charge in [-0.05, 0) is 37.3 Å². The maximum atomic E-state index is 12.8. The van der Waals surface area contributed by atoms with Crippen LogP contribution in [0.1, 0.15) is 36.8 Å². The second-order valence-electron chi connectivity index (χ2n) is 5.94. The van der Waals surface area contributed by atoms with Crippen molar-refractivity contribution in [3.8, 4) is 5.82 Å². The van der Waals surface area contributed by atoms with Crippen LogP contribution in [0.3, 0.4) is 0 Å². The summed E-state index contributed by atoms with van der Waals surface area (Å²) in [6, 6.07) is 9.50. The Bertz CT molecular complexity index is 1080. The predicted molar refractivity (Wildman–Crippen MR) is 103 cm³/mol. The number of anilines is 1. The molecule has 1 aromatic carbocycles. The quantitative estimate of drug-likeness (QED) is 0.661. The molecule has 0 aliphatic rings. The molecule has 0 radical (unpaired) electrons. The minimum absolute atomic E-state index is 0.100. The third kappa shape index (κ3) is 3.98. The van der Waals surface area contributed by atoms with Crippen molar-refractivity contribution in [2.24, 2.45) is 0 Å². The highest BCUT2D eigenvalue weighted by Gasteiger charge is 2.20. The molecule has 2 heterocycles. The Morgan fingerprint density at radius 3 is 2.41 bits per heavy atom. The Kier molecular flexibility index (Phi) is 5.68. The lowest BCUT2D eigenvalue weighted by molar-refractivity contribution is 0.0587. The summed E-state index contributed by atoms with van der Waals surface area (Å²) in [5.41, 5.74) is 1.24. The average molecular weight is 394 g/mol. The summed E-state index contributed by atoms with van der Waals surface area (Å²) in [7, 11) is 2.47. The molecule has 0 aliphatic heterocycles. The van der Waals surface area contributed by atoms with Crippen LogP contribution in [0.25, 0.3) is 5.82 Å². The number of pyridine rings is 1. The molecule has 0 unspecified atom stereocenters. The number of hydrogen-bond acceptors (Lipinski definition) is 7. The molecule has 1 amide bonds. The third-order valence-corrected chi connectivity index (χ3v) is 4.21. The van der Waals surface area contributed by atoms with Gasteiger partial charge in [-0.2, -0.15) is 5.10 Å². The second kappa shape index (κ2) is 8.34. The maximum absolute atomic E-state index is 12.8. The van der Waals surface area contributed by atoms with E-state index in [4.69, 9.17) is 9.47 Å². The van der Waals surface area contributed by atoms with Gasteiger partial charge in [0.1, 0.15) is 0 Å². The summed E-state index contributed by atoms with van der Waals surface area (Å²) < 4.78 is 11.0. The van der Waals surface area contributed by atoms with Gasteiger partial charge < -0.3 is 14.8 Å². The van der Waals surface area contributed by atoms with Crippen LogP contribution in [0.4, 0.5) is 5.69 Å². The first-order chi connectivity index (χ1) is 14.0. The van der Waals surface area contributed by atoms with E-state index in [0.29, 0.717) is 11.5 Å². The van der Waals surface area contributed by atoms with Crippen molar-refractivity contribution in [1.29, 1.82) is 0 Å². The molecule has 0 fully saturated rings. The summed E-state index contributed by atoms with van der Waals surface area (Å²) in [5, 5.41) is 6.85. The molecule has 0 aliphatic carbocycles. The fraction of sp³-hybridized carbons (Fsp3) is 0.150. The molecule has 0 saturated carbocycles.